The Labute approximate surface area is 107 Å². The van der Waals surface area contributed by atoms with Gasteiger partial charge in [0, 0.05) is 0 Å². The second-order valence-corrected chi connectivity index (χ2v) is 17.6. The van der Waals surface area contributed by atoms with Gasteiger partial charge in [-0.2, -0.15) is 0 Å². The van der Waals surface area contributed by atoms with Gasteiger partial charge in [0.05, 0.1) is 0 Å². The summed E-state index contributed by atoms with van der Waals surface area (Å²) in [5.41, 5.74) is 0.155. The third-order valence-corrected chi connectivity index (χ3v) is 8.14. The van der Waals surface area contributed by atoms with Crippen LogP contribution in [0.2, 0.25) is 17.3 Å². The first-order valence-electron chi connectivity index (χ1n) is 5.74. The van der Waals surface area contributed by atoms with Crippen molar-refractivity contribution in [3.63, 3.8) is 0 Å². The van der Waals surface area contributed by atoms with Crippen molar-refractivity contribution in [1.82, 2.24) is 4.72 Å². The van der Waals surface area contributed by atoms with Gasteiger partial charge < -0.3 is 0 Å². The van der Waals surface area contributed by atoms with E-state index < -0.39 is 13.3 Å². The van der Waals surface area contributed by atoms with Crippen LogP contribution in [0.15, 0.2) is 29.2 Å². The molecule has 0 bridgehead atoms. The van der Waals surface area contributed by atoms with Crippen LogP contribution < -0.4 is 9.12 Å². The molecule has 0 unspecified atom stereocenters. The summed E-state index contributed by atoms with van der Waals surface area (Å²) in [5, 5.41) is 0. The van der Waals surface area contributed by atoms with E-state index in [-0.39, 0.29) is 5.54 Å². The summed E-state index contributed by atoms with van der Waals surface area (Å²) in [6.45, 7) is 6.59. The number of nitrogens with one attached hydrogen (secondary N) is 1. The van der Waals surface area contributed by atoms with Gasteiger partial charge in [0.1, 0.15) is 0 Å². The molecule has 1 rings (SSSR count). The molecule has 1 aromatic carbocycles. The van der Waals surface area contributed by atoms with Crippen LogP contribution in [0.25, 0.3) is 0 Å². The van der Waals surface area contributed by atoms with E-state index in [0.29, 0.717) is 0 Å². The van der Waals surface area contributed by atoms with Crippen LogP contribution in [0.3, 0.4) is 0 Å². The fourth-order valence-corrected chi connectivity index (χ4v) is 7.01. The first-order valence-corrected chi connectivity index (χ1v) is 13.9. The quantitative estimate of drug-likeness (QED) is 0.675. The van der Waals surface area contributed by atoms with Gasteiger partial charge in [-0.05, 0) is 0 Å². The Bertz CT molecular complexity index is 350. The molecule has 3 heteroatoms. The van der Waals surface area contributed by atoms with Crippen LogP contribution in [0, 0.1) is 0 Å². The number of hydrogen-bond donors (Lipinski definition) is 1. The van der Waals surface area contributed by atoms with Crippen LogP contribution in [-0.4, -0.2) is 18.8 Å². The van der Waals surface area contributed by atoms with E-state index in [1.807, 2.05) is 0 Å². The molecule has 1 aromatic rings. The van der Waals surface area contributed by atoms with Gasteiger partial charge in [-0.1, -0.05) is 0 Å². The Hall–Kier alpha value is 0.0729. The van der Waals surface area contributed by atoms with Crippen molar-refractivity contribution in [2.75, 3.05) is 0 Å². The molecule has 0 aromatic heterocycles. The maximum absolute atomic E-state index is 3.50. The van der Waals surface area contributed by atoms with Gasteiger partial charge in [-0.25, -0.2) is 0 Å². The van der Waals surface area contributed by atoms with Crippen LogP contribution >= 0.6 is 11.9 Å². The second-order valence-electron chi connectivity index (χ2n) is 6.20. The van der Waals surface area contributed by atoms with Crippen LogP contribution in [0.4, 0.5) is 0 Å². The first kappa shape index (κ1) is 14.1. The number of rotatable bonds is 3. The standard InChI is InChI=1S/C13H23GeNS/c1-13(2,3)15-16-12-10-8-7-9-11(12)14(4,5)6/h7-10,15H,1-6H3. The molecule has 0 fully saturated rings. The molecule has 16 heavy (non-hydrogen) atoms. The Morgan fingerprint density at radius 3 is 2.12 bits per heavy atom. The van der Waals surface area contributed by atoms with Crippen LogP contribution in [0.1, 0.15) is 20.8 Å². The van der Waals surface area contributed by atoms with Gasteiger partial charge in [0.25, 0.3) is 0 Å². The van der Waals surface area contributed by atoms with E-state index in [1.54, 1.807) is 16.3 Å². The van der Waals surface area contributed by atoms with Gasteiger partial charge >= 0.3 is 107 Å². The van der Waals surface area contributed by atoms with Crippen molar-refractivity contribution in [2.45, 2.75) is 48.5 Å². The summed E-state index contributed by atoms with van der Waals surface area (Å²) in [6.07, 6.45) is 0. The van der Waals surface area contributed by atoms with Crippen molar-refractivity contribution in [3.8, 4) is 0 Å². The SMILES string of the molecule is CC(C)(C)NSc1cccc[c]1[Ge]([CH3])([CH3])[CH3]. The van der Waals surface area contributed by atoms with E-state index in [1.165, 1.54) is 4.90 Å². The van der Waals surface area contributed by atoms with Crippen molar-refractivity contribution >= 4 is 29.6 Å². The minimum atomic E-state index is -1.74. The third-order valence-electron chi connectivity index (χ3n) is 2.16. The predicted molar refractivity (Wildman–Crippen MR) is 78.2 cm³/mol. The van der Waals surface area contributed by atoms with E-state index in [9.17, 15) is 0 Å². The summed E-state index contributed by atoms with van der Waals surface area (Å²) in [7, 11) is 0. The molecule has 0 radical (unpaired) electrons. The zero-order valence-corrected chi connectivity index (χ0v) is 14.1. The average molecular weight is 298 g/mol. The van der Waals surface area contributed by atoms with E-state index in [2.05, 4.69) is 67.0 Å². The zero-order valence-electron chi connectivity index (χ0n) is 11.2. The van der Waals surface area contributed by atoms with E-state index in [4.69, 9.17) is 0 Å². The van der Waals surface area contributed by atoms with Crippen LogP contribution in [-0.2, 0) is 0 Å². The summed E-state index contributed by atoms with van der Waals surface area (Å²) in [6, 6.07) is 8.82. The molecule has 0 aliphatic rings. The van der Waals surface area contributed by atoms with Crippen molar-refractivity contribution in [1.29, 1.82) is 0 Å². The van der Waals surface area contributed by atoms with Crippen molar-refractivity contribution in [2.24, 2.45) is 0 Å². The summed E-state index contributed by atoms with van der Waals surface area (Å²) >= 11 is 0.0413. The average Bonchev–Trinajstić information content (AvgIpc) is 2.12. The molecule has 0 heterocycles. The van der Waals surface area contributed by atoms with Crippen LogP contribution in [0.5, 0.6) is 0 Å². The molecular formula is C13H23GeNS. The molecule has 1 nitrogen and oxygen atoms in total. The summed E-state index contributed by atoms with van der Waals surface area (Å²) < 4.78 is 5.08. The monoisotopic (exact) mass is 299 g/mol. The Morgan fingerprint density at radius 1 is 1.06 bits per heavy atom. The molecule has 90 valence electrons. The Balaban J connectivity index is 2.88. The van der Waals surface area contributed by atoms with Gasteiger partial charge in [-0.15, -0.1) is 0 Å². The third kappa shape index (κ3) is 4.52. The van der Waals surface area contributed by atoms with Crippen molar-refractivity contribution in [3.05, 3.63) is 24.3 Å². The number of hydrogen-bond acceptors (Lipinski definition) is 2. The minimum absolute atomic E-state index is 0.155. The molecular weight excluding hydrogens is 275 g/mol. The molecule has 0 saturated carbocycles. The fourth-order valence-electron chi connectivity index (χ4n) is 1.38. The topological polar surface area (TPSA) is 12.0 Å². The Kier molecular flexibility index (Phi) is 4.55. The second kappa shape index (κ2) is 5.15. The fraction of sp³-hybridized carbons (Fsp3) is 0.538. The molecule has 1 N–H and O–H groups in total. The normalized spacial score (nSPS) is 12.9. The molecule has 0 saturated heterocycles. The summed E-state index contributed by atoms with van der Waals surface area (Å²) in [5.74, 6) is 7.32. The molecule has 0 aliphatic heterocycles. The van der Waals surface area contributed by atoms with Gasteiger partial charge in [0.15, 0.2) is 0 Å². The molecule has 0 atom stereocenters. The number of benzene rings is 1. The molecule has 0 aliphatic carbocycles. The first-order chi connectivity index (χ1) is 7.20. The zero-order chi connectivity index (χ0) is 12.4. The van der Waals surface area contributed by atoms with Crippen molar-refractivity contribution < 1.29 is 0 Å². The predicted octanol–water partition coefficient (Wildman–Crippen LogP) is 3.63. The summed E-state index contributed by atoms with van der Waals surface area (Å²) in [4.78, 5) is 1.41. The van der Waals surface area contributed by atoms with Gasteiger partial charge in [-0.3, -0.25) is 0 Å². The van der Waals surface area contributed by atoms with E-state index >= 15 is 0 Å². The van der Waals surface area contributed by atoms with Gasteiger partial charge in [0.2, 0.25) is 0 Å². The molecule has 0 amide bonds. The van der Waals surface area contributed by atoms with E-state index in [0.717, 1.165) is 0 Å². The molecule has 0 spiro atoms. The Morgan fingerprint density at radius 2 is 1.62 bits per heavy atom. The maximum atomic E-state index is 3.50.